The van der Waals surface area contributed by atoms with Crippen molar-refractivity contribution < 1.29 is 32.3 Å². The zero-order valence-corrected chi connectivity index (χ0v) is 21.0. The Morgan fingerprint density at radius 3 is 1.94 bits per heavy atom. The maximum atomic E-state index is 13.4. The summed E-state index contributed by atoms with van der Waals surface area (Å²) in [4.78, 5) is 37.0. The average Bonchev–Trinajstić information content (AvgIpc) is 2.88. The lowest BCUT2D eigenvalue weighted by Gasteiger charge is -2.22. The molecule has 0 radical (unpaired) electrons. The highest BCUT2D eigenvalue weighted by molar-refractivity contribution is 7.89. The summed E-state index contributed by atoms with van der Waals surface area (Å²) in [5.41, 5.74) is 0.718. The fraction of sp³-hybridized carbons (Fsp3) is 0.160. The first kappa shape index (κ1) is 26.9. The monoisotopic (exact) mass is 530 g/mol. The minimum Gasteiger partial charge on any atom is -0.465 e. The van der Waals surface area contributed by atoms with Crippen LogP contribution in [0.1, 0.15) is 26.3 Å². The number of carbonyl (C=O) groups is 3. The van der Waals surface area contributed by atoms with Gasteiger partial charge in [0, 0.05) is 17.3 Å². The third kappa shape index (κ3) is 6.69. The predicted molar refractivity (Wildman–Crippen MR) is 133 cm³/mol. The van der Waals surface area contributed by atoms with Gasteiger partial charge in [-0.25, -0.2) is 18.0 Å². The molecular formula is C25H23ClN2O7S. The Labute approximate surface area is 213 Å². The number of esters is 2. The number of ether oxygens (including phenoxy) is 2. The number of halogens is 1. The number of carbonyl (C=O) groups excluding carboxylic acids is 3. The van der Waals surface area contributed by atoms with E-state index in [4.69, 9.17) is 21.1 Å². The Morgan fingerprint density at radius 1 is 0.861 bits per heavy atom. The van der Waals surface area contributed by atoms with E-state index in [0.717, 1.165) is 4.31 Å². The molecule has 11 heteroatoms. The molecule has 0 aliphatic carbocycles. The van der Waals surface area contributed by atoms with Crippen LogP contribution in [-0.2, 0) is 30.8 Å². The molecule has 0 aliphatic rings. The third-order valence-electron chi connectivity index (χ3n) is 5.03. The molecule has 0 saturated carbocycles. The Morgan fingerprint density at radius 2 is 1.42 bits per heavy atom. The number of rotatable bonds is 9. The Hall–Kier alpha value is -3.73. The van der Waals surface area contributed by atoms with Gasteiger partial charge in [-0.05, 0) is 48.0 Å². The maximum Gasteiger partial charge on any atom is 0.337 e. The maximum absolute atomic E-state index is 13.4. The van der Waals surface area contributed by atoms with Gasteiger partial charge in [-0.2, -0.15) is 4.31 Å². The van der Waals surface area contributed by atoms with Crippen LogP contribution in [-0.4, -0.2) is 51.3 Å². The Bertz CT molecular complexity index is 1330. The highest BCUT2D eigenvalue weighted by Crippen LogP contribution is 2.21. The van der Waals surface area contributed by atoms with Crippen LogP contribution in [0, 0.1) is 0 Å². The summed E-state index contributed by atoms with van der Waals surface area (Å²) < 4.78 is 37.1. The van der Waals surface area contributed by atoms with Gasteiger partial charge in [0.05, 0.1) is 36.8 Å². The van der Waals surface area contributed by atoms with Crippen LogP contribution in [0.2, 0.25) is 5.02 Å². The van der Waals surface area contributed by atoms with Crippen LogP contribution < -0.4 is 5.32 Å². The molecule has 1 N–H and O–H groups in total. The fourth-order valence-corrected chi connectivity index (χ4v) is 4.82. The predicted octanol–water partition coefficient (Wildman–Crippen LogP) is 3.74. The minimum atomic E-state index is -4.06. The van der Waals surface area contributed by atoms with Gasteiger partial charge in [-0.15, -0.1) is 0 Å². The fourth-order valence-electron chi connectivity index (χ4n) is 3.29. The van der Waals surface area contributed by atoms with Crippen LogP contribution in [0.15, 0.2) is 77.7 Å². The molecule has 0 spiro atoms. The largest absolute Gasteiger partial charge is 0.465 e. The Kier molecular flexibility index (Phi) is 8.81. The Balaban J connectivity index is 1.91. The molecule has 0 atom stereocenters. The minimum absolute atomic E-state index is 0.00521. The summed E-state index contributed by atoms with van der Waals surface area (Å²) in [6.45, 7) is -0.646. The molecule has 0 aliphatic heterocycles. The van der Waals surface area contributed by atoms with Gasteiger partial charge < -0.3 is 14.8 Å². The van der Waals surface area contributed by atoms with Crippen LogP contribution in [0.25, 0.3) is 0 Å². The van der Waals surface area contributed by atoms with Crippen molar-refractivity contribution in [2.45, 2.75) is 11.4 Å². The zero-order valence-electron chi connectivity index (χ0n) is 19.4. The van der Waals surface area contributed by atoms with E-state index in [-0.39, 0.29) is 28.3 Å². The van der Waals surface area contributed by atoms with E-state index in [1.54, 1.807) is 42.5 Å². The first-order valence-electron chi connectivity index (χ1n) is 10.5. The molecule has 0 bridgehead atoms. The van der Waals surface area contributed by atoms with E-state index in [1.807, 2.05) is 0 Å². The van der Waals surface area contributed by atoms with Crippen molar-refractivity contribution >= 4 is 45.2 Å². The van der Waals surface area contributed by atoms with Crippen LogP contribution in [0.3, 0.4) is 0 Å². The van der Waals surface area contributed by atoms with Gasteiger partial charge in [0.1, 0.15) is 0 Å². The number of sulfonamides is 1. The molecule has 1 amide bonds. The van der Waals surface area contributed by atoms with Crippen molar-refractivity contribution in [2.24, 2.45) is 0 Å². The summed E-state index contributed by atoms with van der Waals surface area (Å²) in [5, 5.41) is 3.03. The lowest BCUT2D eigenvalue weighted by molar-refractivity contribution is -0.116. The molecule has 3 aromatic rings. The quantitative estimate of drug-likeness (QED) is 0.418. The van der Waals surface area contributed by atoms with Crippen molar-refractivity contribution in [1.29, 1.82) is 0 Å². The summed E-state index contributed by atoms with van der Waals surface area (Å²) in [6.07, 6.45) is 0. The lowest BCUT2D eigenvalue weighted by atomic mass is 10.1. The van der Waals surface area contributed by atoms with Gasteiger partial charge in [0.25, 0.3) is 0 Å². The smallest absolute Gasteiger partial charge is 0.337 e. The van der Waals surface area contributed by atoms with E-state index < -0.39 is 34.4 Å². The molecule has 0 saturated heterocycles. The number of hydrogen-bond acceptors (Lipinski definition) is 7. The van der Waals surface area contributed by atoms with Crippen molar-refractivity contribution in [3.63, 3.8) is 0 Å². The lowest BCUT2D eigenvalue weighted by Crippen LogP contribution is -2.37. The van der Waals surface area contributed by atoms with E-state index >= 15 is 0 Å². The van der Waals surface area contributed by atoms with E-state index in [9.17, 15) is 22.8 Å². The first-order valence-corrected chi connectivity index (χ1v) is 12.4. The summed E-state index contributed by atoms with van der Waals surface area (Å²) >= 11 is 5.94. The number of methoxy groups -OCH3 is 2. The van der Waals surface area contributed by atoms with Crippen molar-refractivity contribution in [2.75, 3.05) is 26.1 Å². The third-order valence-corrected chi connectivity index (χ3v) is 7.09. The summed E-state index contributed by atoms with van der Waals surface area (Å²) in [7, 11) is -1.71. The van der Waals surface area contributed by atoms with Gasteiger partial charge >= 0.3 is 11.9 Å². The van der Waals surface area contributed by atoms with Gasteiger partial charge in [0.2, 0.25) is 15.9 Å². The van der Waals surface area contributed by atoms with E-state index in [0.29, 0.717) is 10.6 Å². The molecule has 9 nitrogen and oxygen atoms in total. The highest BCUT2D eigenvalue weighted by atomic mass is 35.5. The zero-order chi connectivity index (χ0) is 26.3. The topological polar surface area (TPSA) is 119 Å². The molecular weight excluding hydrogens is 508 g/mol. The molecule has 0 fully saturated rings. The highest BCUT2D eigenvalue weighted by Gasteiger charge is 2.27. The van der Waals surface area contributed by atoms with Crippen LogP contribution >= 0.6 is 11.6 Å². The average molecular weight is 531 g/mol. The van der Waals surface area contributed by atoms with Crippen LogP contribution in [0.5, 0.6) is 0 Å². The molecule has 0 aromatic heterocycles. The molecule has 188 valence electrons. The van der Waals surface area contributed by atoms with Crippen molar-refractivity contribution in [3.8, 4) is 0 Å². The summed E-state index contributed by atoms with van der Waals surface area (Å²) in [5.74, 6) is -2.15. The number of nitrogens with zero attached hydrogens (tertiary/aromatic N) is 1. The van der Waals surface area contributed by atoms with Gasteiger partial charge in [-0.1, -0.05) is 41.9 Å². The second kappa shape index (κ2) is 11.8. The number of hydrogen-bond donors (Lipinski definition) is 1. The van der Waals surface area contributed by atoms with E-state index in [2.05, 4.69) is 5.32 Å². The summed E-state index contributed by atoms with van der Waals surface area (Å²) in [6, 6.07) is 18.2. The molecule has 36 heavy (non-hydrogen) atoms. The molecule has 0 unspecified atom stereocenters. The van der Waals surface area contributed by atoms with Gasteiger partial charge in [0.15, 0.2) is 0 Å². The second-order valence-corrected chi connectivity index (χ2v) is 9.92. The standard InChI is InChI=1S/C25H23ClN2O7S/c1-34-24(30)18-12-19(25(31)35-2)14-21(13-18)27-23(29)16-28(15-17-8-10-20(26)11-9-17)36(32,33)22-6-4-3-5-7-22/h3-14H,15-16H2,1-2H3,(H,27,29). The number of amides is 1. The van der Waals surface area contributed by atoms with Gasteiger partial charge in [-0.3, -0.25) is 4.79 Å². The van der Waals surface area contributed by atoms with E-state index in [1.165, 1.54) is 44.6 Å². The van der Waals surface area contributed by atoms with Crippen molar-refractivity contribution in [1.82, 2.24) is 4.31 Å². The second-order valence-electron chi connectivity index (χ2n) is 7.54. The number of benzene rings is 3. The normalized spacial score (nSPS) is 11.1. The first-order chi connectivity index (χ1) is 17.1. The van der Waals surface area contributed by atoms with Crippen molar-refractivity contribution in [3.05, 3.63) is 94.5 Å². The number of nitrogens with one attached hydrogen (secondary N) is 1. The molecule has 3 aromatic carbocycles. The number of anilines is 1. The molecule has 0 heterocycles. The SMILES string of the molecule is COC(=O)c1cc(NC(=O)CN(Cc2ccc(Cl)cc2)S(=O)(=O)c2ccccc2)cc(C(=O)OC)c1. The molecule has 3 rings (SSSR count). The van der Waals surface area contributed by atoms with Crippen LogP contribution in [0.4, 0.5) is 5.69 Å².